The predicted octanol–water partition coefficient (Wildman–Crippen LogP) is 6.69. The van der Waals surface area contributed by atoms with Gasteiger partial charge in [-0.3, -0.25) is 0 Å². The molecule has 0 unspecified atom stereocenters. The first kappa shape index (κ1) is 22.6. The fourth-order valence-corrected chi connectivity index (χ4v) is 7.68. The van der Waals surface area contributed by atoms with Gasteiger partial charge < -0.3 is 11.5 Å². The topological polar surface area (TPSA) is 104 Å². The highest BCUT2D eigenvalue weighted by atomic mass is 14.8. The highest BCUT2D eigenvalue weighted by Crippen LogP contribution is 2.63. The molecular weight excluding hydrogens is 480 g/mol. The van der Waals surface area contributed by atoms with Crippen LogP contribution in [0.5, 0.6) is 0 Å². The normalized spacial score (nSPS) is 18.4. The molecule has 2 aliphatic rings. The smallest absolute Gasteiger partial charge is 0.0915 e. The monoisotopic (exact) mass is 510 g/mol. The molecule has 0 radical (unpaired) electrons. The number of hydrogen-bond donors (Lipinski definition) is 2. The van der Waals surface area contributed by atoms with Gasteiger partial charge in [0.05, 0.1) is 44.1 Å². The van der Waals surface area contributed by atoms with E-state index in [2.05, 4.69) is 52.0 Å². The van der Waals surface area contributed by atoms with Crippen LogP contribution in [0.4, 0.5) is 11.4 Å². The number of aromatic nitrogens is 4. The maximum Gasteiger partial charge on any atom is 0.0915 e. The van der Waals surface area contributed by atoms with Gasteiger partial charge in [0.15, 0.2) is 0 Å². The lowest BCUT2D eigenvalue weighted by Crippen LogP contribution is -2.27. The van der Waals surface area contributed by atoms with Gasteiger partial charge >= 0.3 is 0 Å². The summed E-state index contributed by atoms with van der Waals surface area (Å²) in [4.78, 5) is 20.0. The second-order valence-electron chi connectivity index (χ2n) is 12.9. The highest BCUT2D eigenvalue weighted by Gasteiger charge is 2.56. The van der Waals surface area contributed by atoms with Crippen molar-refractivity contribution in [1.29, 1.82) is 0 Å². The number of nitrogen functional groups attached to an aromatic ring is 2. The molecule has 6 heteroatoms. The number of fused-ring (bicyclic) bond motifs is 8. The van der Waals surface area contributed by atoms with Gasteiger partial charge in [0.1, 0.15) is 0 Å². The Morgan fingerprint density at radius 2 is 0.795 bits per heavy atom. The molecule has 8 rings (SSSR count). The maximum atomic E-state index is 6.04. The number of anilines is 2. The number of benzene rings is 4. The Kier molecular flexibility index (Phi) is 4.06. The Morgan fingerprint density at radius 3 is 1.21 bits per heavy atom. The van der Waals surface area contributed by atoms with Gasteiger partial charge in [0.25, 0.3) is 0 Å². The highest BCUT2D eigenvalue weighted by molar-refractivity contribution is 5.91. The molecule has 0 saturated carbocycles. The van der Waals surface area contributed by atoms with Crippen LogP contribution in [-0.4, -0.2) is 19.9 Å². The zero-order valence-corrected chi connectivity index (χ0v) is 22.6. The van der Waals surface area contributed by atoms with Crippen molar-refractivity contribution < 1.29 is 0 Å². The molecule has 6 nitrogen and oxygen atoms in total. The van der Waals surface area contributed by atoms with E-state index in [0.717, 1.165) is 57.0 Å². The minimum Gasteiger partial charge on any atom is -0.399 e. The molecule has 0 aliphatic heterocycles. The van der Waals surface area contributed by atoms with Crippen molar-refractivity contribution in [3.63, 3.8) is 0 Å². The molecule has 1 spiro atoms. The molecule has 6 aromatic rings. The van der Waals surface area contributed by atoms with E-state index in [1.165, 1.54) is 22.3 Å². The summed E-state index contributed by atoms with van der Waals surface area (Å²) in [6, 6.07) is 20.7. The van der Waals surface area contributed by atoms with Crippen LogP contribution in [0.2, 0.25) is 0 Å². The Balaban J connectivity index is 1.41. The summed E-state index contributed by atoms with van der Waals surface area (Å²) in [5.41, 5.74) is 25.9. The van der Waals surface area contributed by atoms with Crippen molar-refractivity contribution in [2.75, 3.05) is 11.5 Å². The lowest BCUT2D eigenvalue weighted by molar-refractivity contribution is 0.350. The number of hydrogen-bond acceptors (Lipinski definition) is 6. The van der Waals surface area contributed by atoms with Crippen LogP contribution in [0, 0.1) is 0 Å². The van der Waals surface area contributed by atoms with Crippen molar-refractivity contribution in [1.82, 2.24) is 19.9 Å². The second kappa shape index (κ2) is 7.00. The molecular formula is C33H30N6. The van der Waals surface area contributed by atoms with Crippen LogP contribution in [0.25, 0.3) is 44.1 Å². The fourth-order valence-electron chi connectivity index (χ4n) is 7.68. The van der Waals surface area contributed by atoms with Gasteiger partial charge in [-0.2, -0.15) is 0 Å². The zero-order valence-electron chi connectivity index (χ0n) is 22.6. The molecule has 0 fully saturated rings. The third-order valence-electron chi connectivity index (χ3n) is 9.17. The molecule has 0 saturated heterocycles. The van der Waals surface area contributed by atoms with Gasteiger partial charge in [0, 0.05) is 16.8 Å². The lowest BCUT2D eigenvalue weighted by Gasteiger charge is -2.30. The van der Waals surface area contributed by atoms with Gasteiger partial charge in [-0.25, -0.2) is 19.9 Å². The predicted molar refractivity (Wildman–Crippen MR) is 159 cm³/mol. The average molecular weight is 511 g/mol. The lowest BCUT2D eigenvalue weighted by atomic mass is 9.72. The maximum absolute atomic E-state index is 6.04. The van der Waals surface area contributed by atoms with Crippen LogP contribution in [0.3, 0.4) is 0 Å². The van der Waals surface area contributed by atoms with Gasteiger partial charge in [-0.1, -0.05) is 27.7 Å². The SMILES string of the molecule is CC1(C)CC2(CC(C)(C)c3cc4nc5cc(N)ccc5nc4cc32)c2cc3nc4ccc(N)cc4nc3cc21. The minimum absolute atomic E-state index is 0.0187. The summed E-state index contributed by atoms with van der Waals surface area (Å²) in [7, 11) is 0. The van der Waals surface area contributed by atoms with Crippen LogP contribution >= 0.6 is 0 Å². The molecule has 0 amide bonds. The van der Waals surface area contributed by atoms with E-state index in [4.69, 9.17) is 31.4 Å². The van der Waals surface area contributed by atoms with E-state index in [9.17, 15) is 0 Å². The number of nitrogens with two attached hydrogens (primary N) is 2. The number of rotatable bonds is 0. The second-order valence-corrected chi connectivity index (χ2v) is 12.9. The summed E-state index contributed by atoms with van der Waals surface area (Å²) in [5.74, 6) is 0. The first-order valence-corrected chi connectivity index (χ1v) is 13.6. The Labute approximate surface area is 226 Å². The third kappa shape index (κ3) is 3.03. The molecule has 2 heterocycles. The Bertz CT molecular complexity index is 1910. The van der Waals surface area contributed by atoms with Gasteiger partial charge in [-0.15, -0.1) is 0 Å². The van der Waals surface area contributed by atoms with Crippen molar-refractivity contribution in [2.24, 2.45) is 0 Å². The first-order valence-electron chi connectivity index (χ1n) is 13.6. The minimum atomic E-state index is -0.129. The van der Waals surface area contributed by atoms with Crippen molar-refractivity contribution >= 4 is 55.5 Å². The van der Waals surface area contributed by atoms with Crippen LogP contribution in [0.1, 0.15) is 62.8 Å². The van der Waals surface area contributed by atoms with Crippen LogP contribution < -0.4 is 11.5 Å². The summed E-state index contributed by atoms with van der Waals surface area (Å²) in [6.45, 7) is 9.45. The van der Waals surface area contributed by atoms with Crippen LogP contribution in [0.15, 0.2) is 60.7 Å². The number of nitrogens with zero attached hydrogens (tertiary/aromatic N) is 4. The van der Waals surface area contributed by atoms with E-state index in [0.29, 0.717) is 11.4 Å². The molecule has 0 bridgehead atoms. The molecule has 192 valence electrons. The molecule has 39 heavy (non-hydrogen) atoms. The molecule has 4 aromatic carbocycles. The third-order valence-corrected chi connectivity index (χ3v) is 9.17. The molecule has 2 aliphatic carbocycles. The van der Waals surface area contributed by atoms with Crippen molar-refractivity contribution in [3.05, 3.63) is 82.9 Å². The summed E-state index contributed by atoms with van der Waals surface area (Å²) in [6.07, 6.45) is 2.05. The van der Waals surface area contributed by atoms with Gasteiger partial charge in [-0.05, 0) is 107 Å². The van der Waals surface area contributed by atoms with E-state index in [1.54, 1.807) is 0 Å². The summed E-state index contributed by atoms with van der Waals surface area (Å²) >= 11 is 0. The molecule has 0 atom stereocenters. The molecule has 4 N–H and O–H groups in total. The largest absolute Gasteiger partial charge is 0.399 e. The summed E-state index contributed by atoms with van der Waals surface area (Å²) in [5, 5.41) is 0. The Hall–Kier alpha value is -4.32. The quantitative estimate of drug-likeness (QED) is 0.174. The van der Waals surface area contributed by atoms with E-state index in [1.807, 2.05) is 36.4 Å². The average Bonchev–Trinajstić information content (AvgIpc) is 3.22. The fraction of sp³-hybridized carbons (Fsp3) is 0.273. The summed E-state index contributed by atoms with van der Waals surface area (Å²) < 4.78 is 0. The Morgan fingerprint density at radius 1 is 0.462 bits per heavy atom. The first-order chi connectivity index (χ1) is 18.5. The zero-order chi connectivity index (χ0) is 26.9. The molecule has 2 aromatic heterocycles. The standard InChI is InChI=1S/C33H30N6/c1-31(2)15-33(21-13-29-27(11-19(21)31)38-25-9-17(34)5-7-23(25)36-29)16-32(3,4)20-12-28-30(14-22(20)33)37-24-8-6-18(35)10-26(24)39-28/h5-14H,15-16,34-35H2,1-4H3. The van der Waals surface area contributed by atoms with Crippen molar-refractivity contribution in [3.8, 4) is 0 Å². The van der Waals surface area contributed by atoms with Gasteiger partial charge in [0.2, 0.25) is 0 Å². The van der Waals surface area contributed by atoms with Crippen molar-refractivity contribution in [2.45, 2.75) is 56.8 Å². The van der Waals surface area contributed by atoms with E-state index in [-0.39, 0.29) is 16.2 Å². The van der Waals surface area contributed by atoms with E-state index >= 15 is 0 Å². The van der Waals surface area contributed by atoms with E-state index < -0.39 is 0 Å². The van der Waals surface area contributed by atoms with Crippen LogP contribution in [-0.2, 0) is 16.2 Å².